The number of amides is 2. The molecule has 1 atom stereocenters. The van der Waals surface area contributed by atoms with Gasteiger partial charge in [-0.05, 0) is 37.1 Å². The van der Waals surface area contributed by atoms with E-state index in [-0.39, 0.29) is 23.7 Å². The Morgan fingerprint density at radius 3 is 2.79 bits per heavy atom. The third-order valence-electron chi connectivity index (χ3n) is 4.86. The van der Waals surface area contributed by atoms with E-state index in [0.717, 1.165) is 30.1 Å². The number of rotatable bonds is 5. The molecule has 3 rings (SSSR count). The molecule has 0 radical (unpaired) electrons. The molecule has 28 heavy (non-hydrogen) atoms. The highest BCUT2D eigenvalue weighted by Crippen LogP contribution is 2.30. The highest BCUT2D eigenvalue weighted by molar-refractivity contribution is 7.09. The molecule has 7 heteroatoms. The summed E-state index contributed by atoms with van der Waals surface area (Å²) in [6, 6.07) is 8.84. The van der Waals surface area contributed by atoms with Crippen molar-refractivity contribution in [2.45, 2.75) is 39.2 Å². The van der Waals surface area contributed by atoms with E-state index >= 15 is 0 Å². The van der Waals surface area contributed by atoms with E-state index in [1.54, 1.807) is 35.6 Å². The molecule has 0 aliphatic carbocycles. The van der Waals surface area contributed by atoms with Crippen LogP contribution in [0.2, 0.25) is 0 Å². The zero-order valence-electron chi connectivity index (χ0n) is 16.1. The lowest BCUT2D eigenvalue weighted by atomic mass is 9.98. The van der Waals surface area contributed by atoms with Gasteiger partial charge in [0.15, 0.2) is 0 Å². The Bertz CT molecular complexity index is 883. The van der Waals surface area contributed by atoms with Gasteiger partial charge in [-0.25, -0.2) is 4.98 Å². The van der Waals surface area contributed by atoms with Gasteiger partial charge in [-0.1, -0.05) is 13.8 Å². The van der Waals surface area contributed by atoms with E-state index in [1.807, 2.05) is 24.1 Å². The molecule has 1 N–H and O–H groups in total. The van der Waals surface area contributed by atoms with Crippen molar-refractivity contribution in [2.24, 2.45) is 5.92 Å². The Kier molecular flexibility index (Phi) is 6.42. The topological polar surface area (TPSA) is 86.1 Å². The molecular weight excluding hydrogens is 372 g/mol. The largest absolute Gasteiger partial charge is 0.350 e. The van der Waals surface area contributed by atoms with Gasteiger partial charge in [0.2, 0.25) is 5.91 Å². The van der Waals surface area contributed by atoms with Crippen molar-refractivity contribution in [3.05, 3.63) is 51.5 Å². The van der Waals surface area contributed by atoms with Crippen molar-refractivity contribution in [1.82, 2.24) is 15.2 Å². The van der Waals surface area contributed by atoms with Gasteiger partial charge in [-0.3, -0.25) is 9.59 Å². The zero-order valence-corrected chi connectivity index (χ0v) is 17.0. The molecule has 2 amide bonds. The molecule has 2 aromatic rings. The van der Waals surface area contributed by atoms with Gasteiger partial charge in [0, 0.05) is 35.9 Å². The van der Waals surface area contributed by atoms with Crippen LogP contribution in [-0.2, 0) is 11.3 Å². The second kappa shape index (κ2) is 8.98. The van der Waals surface area contributed by atoms with Gasteiger partial charge in [-0.2, -0.15) is 5.26 Å². The first-order chi connectivity index (χ1) is 13.5. The van der Waals surface area contributed by atoms with Crippen molar-refractivity contribution in [3.63, 3.8) is 0 Å². The maximum Gasteiger partial charge on any atom is 0.253 e. The Morgan fingerprint density at radius 1 is 1.36 bits per heavy atom. The molecule has 0 saturated carbocycles. The predicted octanol–water partition coefficient (Wildman–Crippen LogP) is 3.31. The lowest BCUT2D eigenvalue weighted by Crippen LogP contribution is -2.39. The first kappa shape index (κ1) is 20.0. The van der Waals surface area contributed by atoms with Gasteiger partial charge >= 0.3 is 0 Å². The Morgan fingerprint density at radius 2 is 2.11 bits per heavy atom. The van der Waals surface area contributed by atoms with E-state index in [9.17, 15) is 9.59 Å². The maximum atomic E-state index is 12.8. The minimum absolute atomic E-state index is 0.00448. The summed E-state index contributed by atoms with van der Waals surface area (Å²) in [5, 5.41) is 14.8. The zero-order chi connectivity index (χ0) is 20.1. The highest BCUT2D eigenvalue weighted by atomic mass is 32.1. The fourth-order valence-corrected chi connectivity index (χ4v) is 4.15. The lowest BCUT2D eigenvalue weighted by molar-refractivity contribution is -0.124. The average Bonchev–Trinajstić information content (AvgIpc) is 3.20. The van der Waals surface area contributed by atoms with Crippen LogP contribution in [0.15, 0.2) is 29.6 Å². The number of carbonyl (C=O) groups is 2. The van der Waals surface area contributed by atoms with Crippen LogP contribution in [0.25, 0.3) is 0 Å². The molecule has 6 nitrogen and oxygen atoms in total. The van der Waals surface area contributed by atoms with Crippen molar-refractivity contribution in [1.29, 1.82) is 5.26 Å². The molecule has 2 heterocycles. The number of nitriles is 1. The summed E-state index contributed by atoms with van der Waals surface area (Å²) in [7, 11) is 0. The fraction of sp³-hybridized carbons (Fsp3) is 0.429. The average molecular weight is 397 g/mol. The first-order valence-corrected chi connectivity index (χ1v) is 10.4. The number of hydrogen-bond acceptors (Lipinski definition) is 5. The molecule has 0 spiro atoms. The number of carbonyl (C=O) groups excluding carboxylic acids is 2. The second-order valence-corrected chi connectivity index (χ2v) is 8.22. The van der Waals surface area contributed by atoms with Crippen LogP contribution in [-0.4, -0.2) is 34.8 Å². The summed E-state index contributed by atoms with van der Waals surface area (Å²) in [6.07, 6.45) is 1.94. The van der Waals surface area contributed by atoms with Crippen molar-refractivity contribution in [3.8, 4) is 6.07 Å². The molecular formula is C21H24N4O2S. The molecule has 1 aromatic carbocycles. The monoisotopic (exact) mass is 396 g/mol. The fourth-order valence-electron chi connectivity index (χ4n) is 3.21. The molecule has 1 aromatic heterocycles. The highest BCUT2D eigenvalue weighted by Gasteiger charge is 2.27. The quantitative estimate of drug-likeness (QED) is 0.840. The number of nitrogens with one attached hydrogen (secondary N) is 1. The molecule has 1 aliphatic heterocycles. The number of nitrogens with zero attached hydrogens (tertiary/aromatic N) is 3. The normalized spacial score (nSPS) is 16.6. The summed E-state index contributed by atoms with van der Waals surface area (Å²) in [6.45, 7) is 5.54. The third-order valence-corrected chi connectivity index (χ3v) is 5.91. The number of hydrogen-bond donors (Lipinski definition) is 1. The molecule has 1 aliphatic rings. The van der Waals surface area contributed by atoms with E-state index in [1.165, 1.54) is 0 Å². The first-order valence-electron chi connectivity index (χ1n) is 9.49. The van der Waals surface area contributed by atoms with Crippen LogP contribution in [0.5, 0.6) is 0 Å². The minimum atomic E-state index is -0.0433. The van der Waals surface area contributed by atoms with E-state index < -0.39 is 0 Å². The molecule has 1 saturated heterocycles. The minimum Gasteiger partial charge on any atom is -0.350 e. The summed E-state index contributed by atoms with van der Waals surface area (Å²) in [5.41, 5.74) is 2.02. The van der Waals surface area contributed by atoms with Crippen LogP contribution in [0.3, 0.4) is 0 Å². The molecule has 1 fully saturated rings. The van der Waals surface area contributed by atoms with Crippen LogP contribution in [0.4, 0.5) is 0 Å². The molecule has 1 unspecified atom stereocenters. The van der Waals surface area contributed by atoms with Crippen LogP contribution >= 0.6 is 11.3 Å². The van der Waals surface area contributed by atoms with Crippen LogP contribution in [0, 0.1) is 17.2 Å². The van der Waals surface area contributed by atoms with E-state index in [4.69, 9.17) is 5.26 Å². The summed E-state index contributed by atoms with van der Waals surface area (Å²) in [5.74, 6) is 0.190. The number of aromatic nitrogens is 1. The SMILES string of the molecule is CC(C)C(=O)NCc1csc(C2CCCN(C(=O)c3ccc(C#N)cc3)C2)n1. The van der Waals surface area contributed by atoms with Crippen molar-refractivity contribution in [2.75, 3.05) is 13.1 Å². The van der Waals surface area contributed by atoms with Crippen LogP contribution in [0.1, 0.15) is 59.2 Å². The molecule has 146 valence electrons. The molecule has 0 bridgehead atoms. The van der Waals surface area contributed by atoms with Gasteiger partial charge in [0.25, 0.3) is 5.91 Å². The standard InChI is InChI=1S/C21H24N4O2S/c1-14(2)19(26)23-11-18-13-28-20(24-18)17-4-3-9-25(12-17)21(27)16-7-5-15(10-22)6-8-16/h5-8,13-14,17H,3-4,9,11-12H2,1-2H3,(H,23,26). The summed E-state index contributed by atoms with van der Waals surface area (Å²) >= 11 is 1.59. The predicted molar refractivity (Wildman–Crippen MR) is 108 cm³/mol. The third kappa shape index (κ3) is 4.76. The number of piperidine rings is 1. The smallest absolute Gasteiger partial charge is 0.253 e. The lowest BCUT2D eigenvalue weighted by Gasteiger charge is -2.32. The Hall–Kier alpha value is -2.72. The van der Waals surface area contributed by atoms with Crippen molar-refractivity contribution < 1.29 is 9.59 Å². The Balaban J connectivity index is 1.62. The summed E-state index contributed by atoms with van der Waals surface area (Å²) in [4.78, 5) is 31.1. The van der Waals surface area contributed by atoms with Crippen molar-refractivity contribution >= 4 is 23.2 Å². The second-order valence-electron chi connectivity index (χ2n) is 7.33. The number of thiazole rings is 1. The van der Waals surface area contributed by atoms with Gasteiger partial charge in [-0.15, -0.1) is 11.3 Å². The van der Waals surface area contributed by atoms with Crippen LogP contribution < -0.4 is 5.32 Å². The van der Waals surface area contributed by atoms with E-state index in [2.05, 4.69) is 16.4 Å². The van der Waals surface area contributed by atoms with E-state index in [0.29, 0.717) is 24.2 Å². The number of likely N-dealkylation sites (tertiary alicyclic amines) is 1. The number of benzene rings is 1. The Labute approximate surface area is 169 Å². The van der Waals surface area contributed by atoms with Gasteiger partial charge in [0.05, 0.1) is 28.9 Å². The summed E-state index contributed by atoms with van der Waals surface area (Å²) < 4.78 is 0. The maximum absolute atomic E-state index is 12.8. The van der Waals surface area contributed by atoms with Gasteiger partial charge in [0.1, 0.15) is 0 Å². The van der Waals surface area contributed by atoms with Gasteiger partial charge < -0.3 is 10.2 Å².